The molecule has 9 nitrogen and oxygen atoms in total. The van der Waals surface area contributed by atoms with Crippen LogP contribution in [0.2, 0.25) is 5.02 Å². The summed E-state index contributed by atoms with van der Waals surface area (Å²) < 4.78 is 43.8. The summed E-state index contributed by atoms with van der Waals surface area (Å²) in [6, 6.07) is 8.90. The average molecular weight is 573 g/mol. The van der Waals surface area contributed by atoms with Crippen LogP contribution in [0, 0.1) is 11.3 Å². The van der Waals surface area contributed by atoms with Crippen LogP contribution >= 0.6 is 11.6 Å². The maximum absolute atomic E-state index is 13.1. The van der Waals surface area contributed by atoms with Crippen LogP contribution in [0.4, 0.5) is 19.0 Å². The minimum Gasteiger partial charge on any atom is -0.333 e. The number of hydrogen-bond acceptors (Lipinski definition) is 5. The van der Waals surface area contributed by atoms with Crippen LogP contribution in [0.5, 0.6) is 0 Å². The van der Waals surface area contributed by atoms with Gasteiger partial charge in [-0.2, -0.15) is 28.6 Å². The van der Waals surface area contributed by atoms with Crippen molar-refractivity contribution in [2.45, 2.75) is 59.4 Å². The minimum atomic E-state index is -4.54. The summed E-state index contributed by atoms with van der Waals surface area (Å²) in [6.45, 7) is 8.32. The second-order valence-corrected chi connectivity index (χ2v) is 9.65. The summed E-state index contributed by atoms with van der Waals surface area (Å²) in [5, 5.41) is 19.4. The molecule has 3 aromatic heterocycles. The predicted molar refractivity (Wildman–Crippen MR) is 144 cm³/mol. The fourth-order valence-electron chi connectivity index (χ4n) is 4.54. The fraction of sp³-hybridized carbons (Fsp3) is 0.370. The van der Waals surface area contributed by atoms with Gasteiger partial charge in [0.15, 0.2) is 11.5 Å². The largest absolute Gasteiger partial charge is 0.434 e. The average Bonchev–Trinajstić information content (AvgIpc) is 3.61. The quantitative estimate of drug-likeness (QED) is 0.282. The van der Waals surface area contributed by atoms with E-state index in [-0.39, 0.29) is 36.3 Å². The van der Waals surface area contributed by atoms with Crippen LogP contribution in [0.25, 0.3) is 22.8 Å². The Hall–Kier alpha value is -4.11. The number of aromatic nitrogens is 6. The molecule has 1 aliphatic heterocycles. The van der Waals surface area contributed by atoms with Crippen molar-refractivity contribution >= 4 is 23.3 Å². The number of rotatable bonds is 5. The number of carbonyl (C=O) groups excluding carboxylic acids is 1. The standard InChI is InChI=1S/C25H22ClF3N8O.C2H6/c1-14(2)37-22(18(26)11-31-37)21-17(10-30)24-35(20(38)8-9-36(24)33-21)12-15-4-6-16(7-5-15)23-32-19(13-34(23)3)25(27,28)29;1-2/h4-7,11,13-14H,8-9,12H2,1-3H3;1-2H3. The highest BCUT2D eigenvalue weighted by Crippen LogP contribution is 2.38. The number of halogens is 4. The molecule has 0 N–H and O–H groups in total. The molecule has 0 atom stereocenters. The molecule has 0 unspecified atom stereocenters. The zero-order valence-corrected chi connectivity index (χ0v) is 23.4. The number of nitrogens with zero attached hydrogens (tertiary/aromatic N) is 8. The Bertz CT molecular complexity index is 1570. The van der Waals surface area contributed by atoms with E-state index in [0.717, 1.165) is 11.8 Å². The number of amides is 1. The number of fused-ring (bicyclic) bond motifs is 1. The Kier molecular flexibility index (Phi) is 8.07. The first-order valence-electron chi connectivity index (χ1n) is 12.7. The monoisotopic (exact) mass is 572 g/mol. The maximum Gasteiger partial charge on any atom is 0.434 e. The molecule has 210 valence electrons. The summed E-state index contributed by atoms with van der Waals surface area (Å²) in [6.07, 6.45) is -1.90. The van der Waals surface area contributed by atoms with Gasteiger partial charge in [-0.15, -0.1) is 0 Å². The van der Waals surface area contributed by atoms with Gasteiger partial charge in [-0.25, -0.2) is 9.67 Å². The third-order valence-electron chi connectivity index (χ3n) is 6.32. The van der Waals surface area contributed by atoms with Crippen molar-refractivity contribution < 1.29 is 18.0 Å². The molecule has 0 aliphatic carbocycles. The zero-order valence-electron chi connectivity index (χ0n) is 22.7. The summed E-state index contributed by atoms with van der Waals surface area (Å²) >= 11 is 6.42. The summed E-state index contributed by atoms with van der Waals surface area (Å²) in [5.74, 6) is 0.368. The molecule has 13 heteroatoms. The molecule has 0 spiro atoms. The van der Waals surface area contributed by atoms with E-state index in [9.17, 15) is 23.2 Å². The Morgan fingerprint density at radius 1 is 1.18 bits per heavy atom. The summed E-state index contributed by atoms with van der Waals surface area (Å²) in [7, 11) is 1.50. The van der Waals surface area contributed by atoms with E-state index in [1.165, 1.54) is 22.7 Å². The van der Waals surface area contributed by atoms with Gasteiger partial charge in [0.2, 0.25) is 5.91 Å². The van der Waals surface area contributed by atoms with Gasteiger partial charge in [-0.1, -0.05) is 49.7 Å². The number of carbonyl (C=O) groups is 1. The van der Waals surface area contributed by atoms with E-state index in [0.29, 0.717) is 34.3 Å². The Morgan fingerprint density at radius 2 is 1.85 bits per heavy atom. The molecule has 0 radical (unpaired) electrons. The molecule has 4 heterocycles. The molecule has 0 saturated heterocycles. The lowest BCUT2D eigenvalue weighted by Gasteiger charge is -2.28. The maximum atomic E-state index is 13.1. The van der Waals surface area contributed by atoms with Gasteiger partial charge >= 0.3 is 6.18 Å². The smallest absolute Gasteiger partial charge is 0.333 e. The fourth-order valence-corrected chi connectivity index (χ4v) is 4.76. The van der Waals surface area contributed by atoms with Crippen LogP contribution in [-0.4, -0.2) is 35.0 Å². The van der Waals surface area contributed by atoms with Crippen molar-refractivity contribution in [3.05, 3.63) is 58.5 Å². The van der Waals surface area contributed by atoms with E-state index in [2.05, 4.69) is 21.3 Å². The molecule has 0 saturated carbocycles. The van der Waals surface area contributed by atoms with Crippen LogP contribution in [0.3, 0.4) is 0 Å². The first kappa shape index (κ1) is 28.9. The first-order chi connectivity index (χ1) is 19.0. The van der Waals surface area contributed by atoms with Gasteiger partial charge in [0.1, 0.15) is 28.8 Å². The molecule has 1 aliphatic rings. The summed E-state index contributed by atoms with van der Waals surface area (Å²) in [5.41, 5.74) is 1.32. The molecule has 40 heavy (non-hydrogen) atoms. The highest BCUT2D eigenvalue weighted by molar-refractivity contribution is 6.33. The van der Waals surface area contributed by atoms with Crippen molar-refractivity contribution in [3.63, 3.8) is 0 Å². The first-order valence-corrected chi connectivity index (χ1v) is 13.1. The highest BCUT2D eigenvalue weighted by atomic mass is 35.5. The lowest BCUT2D eigenvalue weighted by Crippen LogP contribution is -2.37. The lowest BCUT2D eigenvalue weighted by atomic mass is 10.1. The third-order valence-corrected chi connectivity index (χ3v) is 6.59. The molecular weight excluding hydrogens is 545 g/mol. The van der Waals surface area contributed by atoms with Crippen molar-refractivity contribution in [3.8, 4) is 28.8 Å². The number of aryl methyl sites for hydroxylation is 2. The molecule has 0 bridgehead atoms. The number of benzene rings is 1. The number of alkyl halides is 3. The summed E-state index contributed by atoms with van der Waals surface area (Å²) in [4.78, 5) is 18.2. The van der Waals surface area contributed by atoms with Gasteiger partial charge in [-0.05, 0) is 19.4 Å². The van der Waals surface area contributed by atoms with E-state index in [4.69, 9.17) is 11.6 Å². The molecule has 5 rings (SSSR count). The number of nitriles is 1. The van der Waals surface area contributed by atoms with Crippen LogP contribution in [-0.2, 0) is 31.1 Å². The highest BCUT2D eigenvalue weighted by Gasteiger charge is 2.35. The van der Waals surface area contributed by atoms with Gasteiger partial charge < -0.3 is 4.57 Å². The van der Waals surface area contributed by atoms with Gasteiger partial charge in [-0.3, -0.25) is 14.4 Å². The van der Waals surface area contributed by atoms with Crippen molar-refractivity contribution in [2.75, 3.05) is 4.90 Å². The van der Waals surface area contributed by atoms with Crippen LogP contribution < -0.4 is 4.90 Å². The van der Waals surface area contributed by atoms with Crippen LogP contribution in [0.15, 0.2) is 36.7 Å². The zero-order chi connectivity index (χ0) is 29.4. The molecule has 1 amide bonds. The molecule has 4 aromatic rings. The SMILES string of the molecule is CC.CC(C)n1ncc(Cl)c1-c1nn2c(c1C#N)N(Cc1ccc(-c3nc(C(F)(F)F)cn3C)cc1)C(=O)CC2. The number of imidazole rings is 1. The van der Waals surface area contributed by atoms with E-state index < -0.39 is 11.9 Å². The van der Waals surface area contributed by atoms with Crippen molar-refractivity contribution in [1.29, 1.82) is 5.26 Å². The topological polar surface area (TPSA) is 97.6 Å². The Labute approximate surface area is 234 Å². The third kappa shape index (κ3) is 5.21. The van der Waals surface area contributed by atoms with E-state index >= 15 is 0 Å². The normalized spacial score (nSPS) is 13.2. The van der Waals surface area contributed by atoms with E-state index in [1.807, 2.05) is 27.7 Å². The second kappa shape index (κ2) is 11.2. The second-order valence-electron chi connectivity index (χ2n) is 9.25. The van der Waals surface area contributed by atoms with Gasteiger partial charge in [0.25, 0.3) is 0 Å². The Morgan fingerprint density at radius 3 is 2.42 bits per heavy atom. The number of anilines is 1. The lowest BCUT2D eigenvalue weighted by molar-refractivity contribution is -0.140. The molecule has 0 fully saturated rings. The minimum absolute atomic E-state index is 0.0371. The van der Waals surface area contributed by atoms with Crippen LogP contribution in [0.1, 0.15) is 57.0 Å². The van der Waals surface area contributed by atoms with E-state index in [1.54, 1.807) is 33.6 Å². The molecular formula is C27H28ClF3N8O. The van der Waals surface area contributed by atoms with Gasteiger partial charge in [0, 0.05) is 31.3 Å². The Balaban J connectivity index is 0.00000181. The van der Waals surface area contributed by atoms with Gasteiger partial charge in [0.05, 0.1) is 24.3 Å². The predicted octanol–water partition coefficient (Wildman–Crippen LogP) is 6.23. The number of hydrogen-bond donors (Lipinski definition) is 0. The van der Waals surface area contributed by atoms with Crippen molar-refractivity contribution in [1.82, 2.24) is 29.1 Å². The van der Waals surface area contributed by atoms with Crippen molar-refractivity contribution in [2.24, 2.45) is 7.05 Å². The molecule has 1 aromatic carbocycles.